The van der Waals surface area contributed by atoms with Crippen molar-refractivity contribution in [3.63, 3.8) is 0 Å². The molecular formula is C21H27N10O9P. The van der Waals surface area contributed by atoms with Crippen LogP contribution >= 0.6 is 7.82 Å². The first-order chi connectivity index (χ1) is 19.6. The van der Waals surface area contributed by atoms with Crippen molar-refractivity contribution in [2.45, 2.75) is 49.9 Å². The van der Waals surface area contributed by atoms with Gasteiger partial charge in [-0.15, -0.1) is 0 Å². The maximum absolute atomic E-state index is 12.6. The third-order valence-corrected chi connectivity index (χ3v) is 8.10. The Morgan fingerprint density at radius 1 is 0.805 bits per heavy atom. The number of nitrogen functional groups attached to an aromatic ring is 2. The molecule has 20 heteroatoms. The van der Waals surface area contributed by atoms with Crippen molar-refractivity contribution < 1.29 is 43.3 Å². The van der Waals surface area contributed by atoms with E-state index in [0.29, 0.717) is 11.2 Å². The van der Waals surface area contributed by atoms with Crippen LogP contribution in [0.4, 0.5) is 11.6 Å². The molecule has 2 unspecified atom stereocenters. The number of hydrogen-bond acceptors (Lipinski definition) is 16. The number of phosphoric acid groups is 1. The van der Waals surface area contributed by atoms with Gasteiger partial charge in [-0.1, -0.05) is 6.92 Å². The molecule has 2 saturated heterocycles. The Balaban J connectivity index is 1.07. The SMILES string of the molecule is C[C@@H]1[C@H](O)C(COP(=O)(O)OC[C@H]2O[C@@H](n3cnc4c(N)ncnc43)[C@H](O)[C@@H]2O)O[C@H]1n1cnc2c(N)ncnc21. The topological polar surface area (TPSA) is 274 Å². The van der Waals surface area contributed by atoms with Gasteiger partial charge in [0.2, 0.25) is 0 Å². The molecule has 9 atom stereocenters. The Morgan fingerprint density at radius 3 is 1.85 bits per heavy atom. The lowest BCUT2D eigenvalue weighted by Gasteiger charge is -2.20. The molecule has 2 aliphatic rings. The number of nitrogens with two attached hydrogens (primary N) is 2. The first-order valence-electron chi connectivity index (χ1n) is 12.4. The zero-order valence-corrected chi connectivity index (χ0v) is 22.2. The molecule has 4 aromatic heterocycles. The average molecular weight is 594 g/mol. The zero-order chi connectivity index (χ0) is 29.1. The highest BCUT2D eigenvalue weighted by molar-refractivity contribution is 7.47. The third kappa shape index (κ3) is 4.90. The molecule has 8 N–H and O–H groups in total. The smallest absolute Gasteiger partial charge is 0.390 e. The van der Waals surface area contributed by atoms with Crippen molar-refractivity contribution in [3.8, 4) is 0 Å². The molecule has 0 aromatic carbocycles. The third-order valence-electron chi connectivity index (χ3n) is 7.15. The van der Waals surface area contributed by atoms with E-state index in [9.17, 15) is 24.8 Å². The van der Waals surface area contributed by atoms with E-state index in [1.165, 1.54) is 29.9 Å². The van der Waals surface area contributed by atoms with Crippen molar-refractivity contribution in [1.29, 1.82) is 0 Å². The summed E-state index contributed by atoms with van der Waals surface area (Å²) in [5, 5.41) is 31.8. The first kappa shape index (κ1) is 27.8. The van der Waals surface area contributed by atoms with Crippen LogP contribution in [-0.4, -0.2) is 103 Å². The maximum Gasteiger partial charge on any atom is 0.472 e. The number of nitrogens with zero attached hydrogens (tertiary/aromatic N) is 8. The number of aromatic nitrogens is 8. The summed E-state index contributed by atoms with van der Waals surface area (Å²) in [5.41, 5.74) is 12.9. The molecule has 6 heterocycles. The van der Waals surface area contributed by atoms with Crippen LogP contribution in [0, 0.1) is 5.92 Å². The van der Waals surface area contributed by atoms with Gasteiger partial charge in [0.05, 0.1) is 32.0 Å². The van der Waals surface area contributed by atoms with Crippen LogP contribution in [0.3, 0.4) is 0 Å². The average Bonchev–Trinajstić information content (AvgIpc) is 3.70. The molecule has 0 bridgehead atoms. The Labute approximate surface area is 230 Å². The first-order valence-corrected chi connectivity index (χ1v) is 13.9. The number of aliphatic hydroxyl groups is 3. The summed E-state index contributed by atoms with van der Waals surface area (Å²) in [6, 6.07) is 0. The predicted molar refractivity (Wildman–Crippen MR) is 136 cm³/mol. The van der Waals surface area contributed by atoms with Gasteiger partial charge in [0.1, 0.15) is 54.3 Å². The van der Waals surface area contributed by atoms with Gasteiger partial charge in [-0.05, 0) is 0 Å². The number of rotatable bonds is 8. The predicted octanol–water partition coefficient (Wildman–Crippen LogP) is -1.52. The minimum Gasteiger partial charge on any atom is -0.390 e. The quantitative estimate of drug-likeness (QED) is 0.126. The fraction of sp³-hybridized carbons (Fsp3) is 0.524. The minimum absolute atomic E-state index is 0.120. The van der Waals surface area contributed by atoms with Crippen molar-refractivity contribution in [1.82, 2.24) is 39.0 Å². The van der Waals surface area contributed by atoms with Gasteiger partial charge in [-0.3, -0.25) is 18.2 Å². The monoisotopic (exact) mass is 594 g/mol. The molecule has 2 aliphatic heterocycles. The van der Waals surface area contributed by atoms with Crippen LogP contribution < -0.4 is 11.5 Å². The summed E-state index contributed by atoms with van der Waals surface area (Å²) < 4.78 is 37.3. The van der Waals surface area contributed by atoms with E-state index in [1.807, 2.05) is 0 Å². The number of anilines is 2. The fourth-order valence-electron chi connectivity index (χ4n) is 4.93. The molecule has 41 heavy (non-hydrogen) atoms. The van der Waals surface area contributed by atoms with E-state index in [-0.39, 0.29) is 22.8 Å². The van der Waals surface area contributed by atoms with E-state index >= 15 is 0 Å². The number of hydrogen-bond donors (Lipinski definition) is 6. The van der Waals surface area contributed by atoms with Gasteiger partial charge < -0.3 is 41.2 Å². The number of aliphatic hydroxyl groups excluding tert-OH is 3. The van der Waals surface area contributed by atoms with Crippen LogP contribution in [-0.2, 0) is 23.1 Å². The Morgan fingerprint density at radius 2 is 1.29 bits per heavy atom. The van der Waals surface area contributed by atoms with Crippen LogP contribution in [0.15, 0.2) is 25.3 Å². The molecule has 19 nitrogen and oxygen atoms in total. The highest BCUT2D eigenvalue weighted by atomic mass is 31.2. The zero-order valence-electron chi connectivity index (χ0n) is 21.4. The van der Waals surface area contributed by atoms with E-state index < -0.39 is 69.9 Å². The van der Waals surface area contributed by atoms with E-state index in [0.717, 1.165) is 0 Å². The summed E-state index contributed by atoms with van der Waals surface area (Å²) in [4.78, 5) is 34.6. The normalized spacial score (nSPS) is 31.7. The molecule has 0 aliphatic carbocycles. The van der Waals surface area contributed by atoms with Gasteiger partial charge in [0.15, 0.2) is 29.2 Å². The van der Waals surface area contributed by atoms with Crippen molar-refractivity contribution in [2.75, 3.05) is 24.7 Å². The summed E-state index contributed by atoms with van der Waals surface area (Å²) in [5.74, 6) is -0.170. The van der Waals surface area contributed by atoms with Gasteiger partial charge in [-0.2, -0.15) is 0 Å². The fourth-order valence-corrected chi connectivity index (χ4v) is 5.67. The largest absolute Gasteiger partial charge is 0.472 e. The lowest BCUT2D eigenvalue weighted by atomic mass is 10.0. The Kier molecular flexibility index (Phi) is 7.09. The number of imidazole rings is 2. The summed E-state index contributed by atoms with van der Waals surface area (Å²) in [6.07, 6.45) is -2.83. The van der Waals surface area contributed by atoms with Gasteiger partial charge in [0.25, 0.3) is 0 Å². The standard InChI is InChI=1S/C21H27N10O9P/c1-8-13(32)9(39-20(8)30-6-28-11-16(22)24-4-26-18(11)30)2-37-41(35,36)38-3-10-14(33)15(34)21(40-10)31-7-29-12-17(23)25-5-27-19(12)31/h4-10,13-15,20-21,32-34H,2-3H2,1H3,(H,35,36)(H2,22,24,26)(H2,23,25,27)/t8-,9?,10-,13+,14-,15-,20-,21-/m1/s1. The Hall–Kier alpha value is -3.39. The van der Waals surface area contributed by atoms with Crippen molar-refractivity contribution in [2.24, 2.45) is 5.92 Å². The van der Waals surface area contributed by atoms with Crippen molar-refractivity contribution >= 4 is 41.8 Å². The minimum atomic E-state index is -4.72. The number of ether oxygens (including phenoxy) is 2. The molecule has 0 saturated carbocycles. The highest BCUT2D eigenvalue weighted by Crippen LogP contribution is 2.46. The summed E-state index contributed by atoms with van der Waals surface area (Å²) in [6.45, 7) is 0.619. The van der Waals surface area contributed by atoms with E-state index in [2.05, 4.69) is 29.9 Å². The second kappa shape index (κ2) is 10.5. The van der Waals surface area contributed by atoms with Gasteiger partial charge in [0, 0.05) is 5.92 Å². The van der Waals surface area contributed by atoms with Gasteiger partial charge in [-0.25, -0.2) is 34.5 Å². The van der Waals surface area contributed by atoms with Crippen LogP contribution in [0.1, 0.15) is 19.4 Å². The van der Waals surface area contributed by atoms with Crippen molar-refractivity contribution in [3.05, 3.63) is 25.3 Å². The molecule has 6 rings (SSSR count). The number of fused-ring (bicyclic) bond motifs is 2. The van der Waals surface area contributed by atoms with E-state index in [1.54, 1.807) is 11.5 Å². The molecule has 2 fully saturated rings. The maximum atomic E-state index is 12.6. The molecule has 4 aromatic rings. The summed E-state index contributed by atoms with van der Waals surface area (Å²) >= 11 is 0. The van der Waals surface area contributed by atoms with Crippen LogP contribution in [0.25, 0.3) is 22.3 Å². The molecule has 0 amide bonds. The lowest BCUT2D eigenvalue weighted by Crippen LogP contribution is -2.34. The van der Waals surface area contributed by atoms with Crippen LogP contribution in [0.2, 0.25) is 0 Å². The second-order valence-electron chi connectivity index (χ2n) is 9.69. The molecule has 0 spiro atoms. The molecule has 0 radical (unpaired) electrons. The number of phosphoric ester groups is 1. The second-order valence-corrected chi connectivity index (χ2v) is 11.1. The van der Waals surface area contributed by atoms with Gasteiger partial charge >= 0.3 is 7.82 Å². The summed E-state index contributed by atoms with van der Waals surface area (Å²) in [7, 11) is -4.72. The highest BCUT2D eigenvalue weighted by Gasteiger charge is 2.46. The lowest BCUT2D eigenvalue weighted by molar-refractivity contribution is -0.0592. The van der Waals surface area contributed by atoms with E-state index in [4.69, 9.17) is 30.0 Å². The molecule has 220 valence electrons. The molecular weight excluding hydrogens is 567 g/mol. The Bertz CT molecular complexity index is 1510. The van der Waals surface area contributed by atoms with Crippen LogP contribution in [0.5, 0.6) is 0 Å².